The number of nitrogens with zero attached hydrogens (tertiary/aromatic N) is 1. The van der Waals surface area contributed by atoms with Gasteiger partial charge in [-0.1, -0.05) is 12.1 Å². The molecular formula is C20H21FN2O2. The van der Waals surface area contributed by atoms with E-state index in [1.54, 1.807) is 4.90 Å². The van der Waals surface area contributed by atoms with Gasteiger partial charge in [-0.15, -0.1) is 0 Å². The van der Waals surface area contributed by atoms with Crippen molar-refractivity contribution in [3.63, 3.8) is 0 Å². The minimum absolute atomic E-state index is 0.179. The van der Waals surface area contributed by atoms with Crippen LogP contribution in [0, 0.1) is 19.7 Å². The highest BCUT2D eigenvalue weighted by Gasteiger charge is 2.34. The molecule has 0 saturated carbocycles. The maximum Gasteiger partial charge on any atom is 0.254 e. The van der Waals surface area contributed by atoms with Crippen LogP contribution in [-0.4, -0.2) is 29.3 Å². The topological polar surface area (TPSA) is 49.4 Å². The van der Waals surface area contributed by atoms with Crippen molar-refractivity contribution >= 4 is 17.5 Å². The van der Waals surface area contributed by atoms with Crippen LogP contribution in [0.15, 0.2) is 42.5 Å². The van der Waals surface area contributed by atoms with E-state index in [4.69, 9.17) is 0 Å². The molecule has 3 rings (SSSR count). The third-order valence-corrected chi connectivity index (χ3v) is 4.77. The number of halogens is 1. The monoisotopic (exact) mass is 340 g/mol. The van der Waals surface area contributed by atoms with Crippen molar-refractivity contribution in [1.82, 2.24) is 4.90 Å². The van der Waals surface area contributed by atoms with E-state index >= 15 is 0 Å². The Kier molecular flexibility index (Phi) is 4.83. The van der Waals surface area contributed by atoms with E-state index in [1.165, 1.54) is 24.3 Å². The Labute approximate surface area is 146 Å². The maximum absolute atomic E-state index is 13.1. The maximum atomic E-state index is 13.1. The van der Waals surface area contributed by atoms with Crippen molar-refractivity contribution in [3.8, 4) is 0 Å². The fourth-order valence-corrected chi connectivity index (χ4v) is 3.14. The normalized spacial score (nSPS) is 16.8. The summed E-state index contributed by atoms with van der Waals surface area (Å²) in [6, 6.07) is 10.7. The number of carbonyl (C=O) groups excluding carboxylic acids is 2. The smallest absolute Gasteiger partial charge is 0.254 e. The number of carbonyl (C=O) groups is 2. The standard InChI is InChI=1S/C20H21FN2O2/c1-13-5-3-6-17(14(13)2)22-19(24)18-7-4-12-23(18)20(25)15-8-10-16(21)11-9-15/h3,5-6,8-11,18H,4,7,12H2,1-2H3,(H,22,24)/t18-/m0/s1. The Morgan fingerprint density at radius 1 is 1.12 bits per heavy atom. The van der Waals surface area contributed by atoms with Crippen LogP contribution in [0.1, 0.15) is 34.3 Å². The first kappa shape index (κ1) is 17.1. The predicted octanol–water partition coefficient (Wildman–Crippen LogP) is 3.69. The van der Waals surface area contributed by atoms with Gasteiger partial charge in [0.05, 0.1) is 0 Å². The Balaban J connectivity index is 1.76. The summed E-state index contributed by atoms with van der Waals surface area (Å²) in [7, 11) is 0. The Morgan fingerprint density at radius 3 is 2.56 bits per heavy atom. The summed E-state index contributed by atoms with van der Waals surface area (Å²) in [5.41, 5.74) is 3.28. The molecule has 1 aliphatic rings. The number of benzene rings is 2. The highest BCUT2D eigenvalue weighted by atomic mass is 19.1. The van der Waals surface area contributed by atoms with Crippen LogP contribution in [0.25, 0.3) is 0 Å². The molecule has 0 aliphatic carbocycles. The van der Waals surface area contributed by atoms with Crippen molar-refractivity contribution in [3.05, 3.63) is 65.0 Å². The lowest BCUT2D eigenvalue weighted by Gasteiger charge is -2.24. The van der Waals surface area contributed by atoms with E-state index < -0.39 is 6.04 Å². The number of amides is 2. The van der Waals surface area contributed by atoms with E-state index in [1.807, 2.05) is 32.0 Å². The van der Waals surface area contributed by atoms with Crippen molar-refractivity contribution in [2.45, 2.75) is 32.7 Å². The minimum Gasteiger partial charge on any atom is -0.327 e. The van der Waals surface area contributed by atoms with E-state index in [-0.39, 0.29) is 17.6 Å². The first-order valence-corrected chi connectivity index (χ1v) is 8.41. The molecule has 1 heterocycles. The number of anilines is 1. The number of nitrogens with one attached hydrogen (secondary N) is 1. The summed E-state index contributed by atoms with van der Waals surface area (Å²) >= 11 is 0. The molecule has 2 aromatic carbocycles. The molecule has 2 amide bonds. The van der Waals surface area contributed by atoms with Gasteiger partial charge in [-0.3, -0.25) is 9.59 Å². The average Bonchev–Trinajstić information content (AvgIpc) is 3.09. The van der Waals surface area contributed by atoms with Crippen LogP contribution < -0.4 is 5.32 Å². The first-order valence-electron chi connectivity index (χ1n) is 8.41. The van der Waals surface area contributed by atoms with Gasteiger partial charge in [0.15, 0.2) is 0 Å². The summed E-state index contributed by atoms with van der Waals surface area (Å²) in [5.74, 6) is -0.803. The second-order valence-corrected chi connectivity index (χ2v) is 6.40. The number of rotatable bonds is 3. The Bertz CT molecular complexity index is 802. The molecule has 1 atom stereocenters. The molecule has 4 nitrogen and oxygen atoms in total. The highest BCUT2D eigenvalue weighted by molar-refractivity contribution is 6.01. The Morgan fingerprint density at radius 2 is 1.84 bits per heavy atom. The largest absolute Gasteiger partial charge is 0.327 e. The van der Waals surface area contributed by atoms with Crippen LogP contribution in [0.3, 0.4) is 0 Å². The second kappa shape index (κ2) is 7.05. The minimum atomic E-state index is -0.502. The van der Waals surface area contributed by atoms with Crippen LogP contribution >= 0.6 is 0 Å². The van der Waals surface area contributed by atoms with Gasteiger partial charge in [0.25, 0.3) is 5.91 Å². The fourth-order valence-electron chi connectivity index (χ4n) is 3.14. The van der Waals surface area contributed by atoms with Gasteiger partial charge in [0, 0.05) is 17.8 Å². The van der Waals surface area contributed by atoms with Crippen LogP contribution in [0.4, 0.5) is 10.1 Å². The summed E-state index contributed by atoms with van der Waals surface area (Å²) in [6.07, 6.45) is 1.40. The summed E-state index contributed by atoms with van der Waals surface area (Å²) in [6.45, 7) is 4.48. The molecule has 0 aromatic heterocycles. The van der Waals surface area contributed by atoms with Gasteiger partial charge in [-0.2, -0.15) is 0 Å². The van der Waals surface area contributed by atoms with Crippen LogP contribution in [-0.2, 0) is 4.79 Å². The quantitative estimate of drug-likeness (QED) is 0.926. The molecule has 0 radical (unpaired) electrons. The lowest BCUT2D eigenvalue weighted by molar-refractivity contribution is -0.119. The summed E-state index contributed by atoms with van der Waals surface area (Å²) < 4.78 is 13.1. The lowest BCUT2D eigenvalue weighted by atomic mass is 10.1. The van der Waals surface area contributed by atoms with Gasteiger partial charge >= 0.3 is 0 Å². The molecule has 25 heavy (non-hydrogen) atoms. The molecule has 5 heteroatoms. The number of aryl methyl sites for hydroxylation is 1. The highest BCUT2D eigenvalue weighted by Crippen LogP contribution is 2.24. The van der Waals surface area contributed by atoms with Gasteiger partial charge in [0.1, 0.15) is 11.9 Å². The molecule has 1 fully saturated rings. The molecule has 0 spiro atoms. The SMILES string of the molecule is Cc1cccc(NC(=O)[C@@H]2CCCN2C(=O)c2ccc(F)cc2)c1C. The molecule has 0 bridgehead atoms. The molecule has 0 unspecified atom stereocenters. The van der Waals surface area contributed by atoms with Gasteiger partial charge in [-0.25, -0.2) is 4.39 Å². The summed E-state index contributed by atoms with van der Waals surface area (Å²) in [4.78, 5) is 27.0. The molecule has 1 aliphatic heterocycles. The van der Waals surface area contributed by atoms with Crippen molar-refractivity contribution in [2.24, 2.45) is 0 Å². The lowest BCUT2D eigenvalue weighted by Crippen LogP contribution is -2.43. The summed E-state index contributed by atoms with van der Waals surface area (Å²) in [5, 5.41) is 2.95. The zero-order chi connectivity index (χ0) is 18.0. The molecule has 2 aromatic rings. The number of hydrogen-bond donors (Lipinski definition) is 1. The van der Waals surface area contributed by atoms with Gasteiger partial charge < -0.3 is 10.2 Å². The molecule has 1 saturated heterocycles. The van der Waals surface area contributed by atoms with Crippen molar-refractivity contribution < 1.29 is 14.0 Å². The molecular weight excluding hydrogens is 319 g/mol. The third kappa shape index (κ3) is 3.55. The molecule has 130 valence electrons. The van der Waals surface area contributed by atoms with E-state index in [9.17, 15) is 14.0 Å². The van der Waals surface area contributed by atoms with Crippen LogP contribution in [0.5, 0.6) is 0 Å². The van der Waals surface area contributed by atoms with Crippen molar-refractivity contribution in [2.75, 3.05) is 11.9 Å². The van der Waals surface area contributed by atoms with Gasteiger partial charge in [0.2, 0.25) is 5.91 Å². The van der Waals surface area contributed by atoms with Gasteiger partial charge in [-0.05, 0) is 68.1 Å². The predicted molar refractivity (Wildman–Crippen MR) is 95.0 cm³/mol. The first-order chi connectivity index (χ1) is 12.0. The number of likely N-dealkylation sites (tertiary alicyclic amines) is 1. The van der Waals surface area contributed by atoms with Crippen molar-refractivity contribution in [1.29, 1.82) is 0 Å². The molecule has 1 N–H and O–H groups in total. The average molecular weight is 340 g/mol. The van der Waals surface area contributed by atoms with E-state index in [2.05, 4.69) is 5.32 Å². The van der Waals surface area contributed by atoms with Crippen LogP contribution in [0.2, 0.25) is 0 Å². The fraction of sp³-hybridized carbons (Fsp3) is 0.300. The van der Waals surface area contributed by atoms with E-state index in [0.717, 1.165) is 23.2 Å². The third-order valence-electron chi connectivity index (χ3n) is 4.77. The Hall–Kier alpha value is -2.69. The zero-order valence-electron chi connectivity index (χ0n) is 14.4. The number of hydrogen-bond acceptors (Lipinski definition) is 2. The second-order valence-electron chi connectivity index (χ2n) is 6.40. The zero-order valence-corrected chi connectivity index (χ0v) is 14.4. The van der Waals surface area contributed by atoms with E-state index in [0.29, 0.717) is 18.5 Å².